The van der Waals surface area contributed by atoms with E-state index in [-0.39, 0.29) is 0 Å². The van der Waals surface area contributed by atoms with E-state index in [9.17, 15) is 0 Å². The summed E-state index contributed by atoms with van der Waals surface area (Å²) in [6, 6.07) is 29.5. The van der Waals surface area contributed by atoms with E-state index in [1.807, 2.05) is 60.7 Å². The standard InChI is InChI=1S/C19H15O/c1-3-9-16(10-4-1)15-20-19-14-8-7-13-18(19)17-11-5-2-6-12-17/h1-9,11-14H,15H2. The van der Waals surface area contributed by atoms with Crippen molar-refractivity contribution in [2.75, 3.05) is 0 Å². The van der Waals surface area contributed by atoms with Crippen LogP contribution in [0.5, 0.6) is 5.75 Å². The van der Waals surface area contributed by atoms with Gasteiger partial charge in [0.05, 0.1) is 0 Å². The fraction of sp³-hybridized carbons (Fsp3) is 0.0526. The van der Waals surface area contributed by atoms with Crippen molar-refractivity contribution < 1.29 is 4.74 Å². The van der Waals surface area contributed by atoms with Crippen molar-refractivity contribution in [2.24, 2.45) is 0 Å². The Hall–Kier alpha value is -2.54. The smallest absolute Gasteiger partial charge is 0.127 e. The van der Waals surface area contributed by atoms with Crippen LogP contribution in [0.15, 0.2) is 78.9 Å². The second-order valence-corrected chi connectivity index (χ2v) is 4.54. The van der Waals surface area contributed by atoms with E-state index in [2.05, 4.69) is 24.3 Å². The first kappa shape index (κ1) is 12.5. The molecule has 20 heavy (non-hydrogen) atoms. The second kappa shape index (κ2) is 6.07. The number of ether oxygens (including phenoxy) is 1. The maximum absolute atomic E-state index is 5.95. The van der Waals surface area contributed by atoms with Crippen LogP contribution in [0.1, 0.15) is 5.56 Å². The van der Waals surface area contributed by atoms with Gasteiger partial charge in [-0.25, -0.2) is 0 Å². The Bertz CT molecular complexity index is 660. The van der Waals surface area contributed by atoms with Gasteiger partial charge in [0.25, 0.3) is 0 Å². The van der Waals surface area contributed by atoms with Crippen LogP contribution >= 0.6 is 0 Å². The minimum absolute atomic E-state index is 0.532. The highest BCUT2D eigenvalue weighted by Crippen LogP contribution is 2.29. The summed E-state index contributed by atoms with van der Waals surface area (Å²) in [6.07, 6.45) is 0. The predicted molar refractivity (Wildman–Crippen MR) is 81.5 cm³/mol. The van der Waals surface area contributed by atoms with Crippen molar-refractivity contribution in [1.82, 2.24) is 0 Å². The minimum Gasteiger partial charge on any atom is -0.488 e. The average molecular weight is 259 g/mol. The Kier molecular flexibility index (Phi) is 3.79. The fourth-order valence-electron chi connectivity index (χ4n) is 2.12. The summed E-state index contributed by atoms with van der Waals surface area (Å²) in [4.78, 5) is 0. The molecule has 3 rings (SSSR count). The van der Waals surface area contributed by atoms with Crippen molar-refractivity contribution in [3.8, 4) is 16.9 Å². The molecule has 0 fully saturated rings. The normalized spacial score (nSPS) is 10.2. The third kappa shape index (κ3) is 2.89. The van der Waals surface area contributed by atoms with Gasteiger partial charge in [0, 0.05) is 5.56 Å². The molecule has 0 saturated heterocycles. The highest BCUT2D eigenvalue weighted by Gasteiger charge is 2.05. The molecule has 0 saturated carbocycles. The summed E-state index contributed by atoms with van der Waals surface area (Å²) in [5.74, 6) is 0.899. The lowest BCUT2D eigenvalue weighted by Gasteiger charge is -2.11. The molecule has 0 unspecified atom stereocenters. The van der Waals surface area contributed by atoms with Gasteiger partial charge >= 0.3 is 0 Å². The van der Waals surface area contributed by atoms with Crippen molar-refractivity contribution in [3.63, 3.8) is 0 Å². The highest BCUT2D eigenvalue weighted by atomic mass is 16.5. The Balaban J connectivity index is 1.84. The summed E-state index contributed by atoms with van der Waals surface area (Å²) in [5, 5.41) is 0. The molecule has 0 amide bonds. The number of hydrogen-bond acceptors (Lipinski definition) is 1. The lowest BCUT2D eigenvalue weighted by molar-refractivity contribution is 0.307. The number of para-hydroxylation sites is 1. The molecule has 0 aliphatic carbocycles. The van der Waals surface area contributed by atoms with Gasteiger partial charge in [-0.2, -0.15) is 0 Å². The average Bonchev–Trinajstić information content (AvgIpc) is 2.55. The van der Waals surface area contributed by atoms with Crippen LogP contribution in [0, 0.1) is 6.07 Å². The van der Waals surface area contributed by atoms with Gasteiger partial charge in [-0.1, -0.05) is 72.8 Å². The lowest BCUT2D eigenvalue weighted by Crippen LogP contribution is -1.96. The van der Waals surface area contributed by atoms with E-state index in [0.29, 0.717) is 6.61 Å². The van der Waals surface area contributed by atoms with Crippen LogP contribution in [0.3, 0.4) is 0 Å². The largest absolute Gasteiger partial charge is 0.488 e. The molecule has 1 heteroatoms. The van der Waals surface area contributed by atoms with Crippen LogP contribution in [0.4, 0.5) is 0 Å². The maximum Gasteiger partial charge on any atom is 0.127 e. The summed E-state index contributed by atoms with van der Waals surface area (Å²) >= 11 is 0. The van der Waals surface area contributed by atoms with E-state index in [1.165, 1.54) is 5.56 Å². The van der Waals surface area contributed by atoms with Crippen LogP contribution in [0.2, 0.25) is 0 Å². The molecule has 0 spiro atoms. The number of hydrogen-bond donors (Lipinski definition) is 0. The van der Waals surface area contributed by atoms with Gasteiger partial charge in [0.15, 0.2) is 0 Å². The van der Waals surface area contributed by atoms with E-state index in [4.69, 9.17) is 4.74 Å². The Morgan fingerprint density at radius 2 is 1.50 bits per heavy atom. The fourth-order valence-corrected chi connectivity index (χ4v) is 2.12. The number of benzene rings is 3. The Labute approximate surface area is 119 Å². The van der Waals surface area contributed by atoms with Gasteiger partial charge in [0.2, 0.25) is 0 Å². The summed E-state index contributed by atoms with van der Waals surface area (Å²) in [6.45, 7) is 0.532. The summed E-state index contributed by atoms with van der Waals surface area (Å²) in [7, 11) is 0. The van der Waals surface area contributed by atoms with Crippen LogP contribution < -0.4 is 4.74 Å². The topological polar surface area (TPSA) is 9.23 Å². The zero-order valence-corrected chi connectivity index (χ0v) is 11.1. The molecule has 0 atom stereocenters. The third-order valence-corrected chi connectivity index (χ3v) is 3.13. The van der Waals surface area contributed by atoms with E-state index in [1.54, 1.807) is 0 Å². The molecule has 1 nitrogen and oxygen atoms in total. The maximum atomic E-state index is 5.95. The molecule has 1 radical (unpaired) electrons. The van der Waals surface area contributed by atoms with Crippen molar-refractivity contribution in [1.29, 1.82) is 0 Å². The highest BCUT2D eigenvalue weighted by molar-refractivity contribution is 5.70. The van der Waals surface area contributed by atoms with Crippen LogP contribution in [-0.4, -0.2) is 0 Å². The first-order valence-electron chi connectivity index (χ1n) is 6.66. The van der Waals surface area contributed by atoms with Crippen molar-refractivity contribution in [2.45, 2.75) is 6.61 Å². The van der Waals surface area contributed by atoms with E-state index >= 15 is 0 Å². The Morgan fingerprint density at radius 3 is 2.30 bits per heavy atom. The molecule has 3 aromatic rings. The quantitative estimate of drug-likeness (QED) is 0.658. The van der Waals surface area contributed by atoms with Gasteiger partial charge in [-0.15, -0.1) is 0 Å². The van der Waals surface area contributed by atoms with Gasteiger partial charge in [-0.3, -0.25) is 0 Å². The molecule has 3 aromatic carbocycles. The van der Waals surface area contributed by atoms with Crippen LogP contribution in [0.25, 0.3) is 11.1 Å². The lowest BCUT2D eigenvalue weighted by atomic mass is 10.1. The predicted octanol–water partition coefficient (Wildman–Crippen LogP) is 4.73. The molecule has 0 bridgehead atoms. The van der Waals surface area contributed by atoms with Crippen molar-refractivity contribution in [3.05, 3.63) is 90.5 Å². The summed E-state index contributed by atoms with van der Waals surface area (Å²) in [5.41, 5.74) is 3.33. The summed E-state index contributed by atoms with van der Waals surface area (Å²) < 4.78 is 5.95. The Morgan fingerprint density at radius 1 is 0.750 bits per heavy atom. The molecule has 0 heterocycles. The molecule has 0 N–H and O–H groups in total. The SMILES string of the molecule is [c]1ccccc1COc1ccccc1-c1ccccc1. The molecule has 97 valence electrons. The molecule has 0 aliphatic heterocycles. The number of rotatable bonds is 4. The molecule has 0 aromatic heterocycles. The van der Waals surface area contributed by atoms with E-state index in [0.717, 1.165) is 16.9 Å². The zero-order chi connectivity index (χ0) is 13.6. The van der Waals surface area contributed by atoms with E-state index < -0.39 is 0 Å². The van der Waals surface area contributed by atoms with Crippen LogP contribution in [-0.2, 0) is 6.61 Å². The van der Waals surface area contributed by atoms with Gasteiger partial charge < -0.3 is 4.74 Å². The monoisotopic (exact) mass is 259 g/mol. The van der Waals surface area contributed by atoms with Gasteiger partial charge in [0.1, 0.15) is 12.4 Å². The first-order chi connectivity index (χ1) is 9.93. The first-order valence-corrected chi connectivity index (χ1v) is 6.66. The van der Waals surface area contributed by atoms with Gasteiger partial charge in [-0.05, 0) is 23.3 Å². The zero-order valence-electron chi connectivity index (χ0n) is 11.1. The molecular weight excluding hydrogens is 244 g/mol. The van der Waals surface area contributed by atoms with Crippen molar-refractivity contribution >= 4 is 0 Å². The second-order valence-electron chi connectivity index (χ2n) is 4.54. The minimum atomic E-state index is 0.532. The third-order valence-electron chi connectivity index (χ3n) is 3.13. The molecule has 0 aliphatic rings. The molecular formula is C19H15O.